The van der Waals surface area contributed by atoms with Gasteiger partial charge >= 0.3 is 0 Å². The second kappa shape index (κ2) is 5.39. The summed E-state index contributed by atoms with van der Waals surface area (Å²) in [4.78, 5) is 25.9. The lowest BCUT2D eigenvalue weighted by molar-refractivity contribution is -0.154. The highest BCUT2D eigenvalue weighted by atomic mass is 16.2. The van der Waals surface area contributed by atoms with Crippen LogP contribution in [0.25, 0.3) is 0 Å². The number of nitrogens with zero attached hydrogens (tertiary/aromatic N) is 1. The maximum atomic E-state index is 12.2. The zero-order valence-corrected chi connectivity index (χ0v) is 11.5. The van der Waals surface area contributed by atoms with Crippen LogP contribution in [-0.2, 0) is 9.59 Å². The van der Waals surface area contributed by atoms with Crippen LogP contribution in [0.2, 0.25) is 0 Å². The predicted octanol–water partition coefficient (Wildman–Crippen LogP) is 1.55. The van der Waals surface area contributed by atoms with E-state index in [9.17, 15) is 9.59 Å². The van der Waals surface area contributed by atoms with Crippen molar-refractivity contribution in [1.29, 1.82) is 0 Å². The monoisotopic (exact) mass is 252 g/mol. The van der Waals surface area contributed by atoms with Crippen LogP contribution in [-0.4, -0.2) is 36.9 Å². The van der Waals surface area contributed by atoms with Gasteiger partial charge in [0.25, 0.3) is 0 Å². The van der Waals surface area contributed by atoms with Gasteiger partial charge < -0.3 is 5.32 Å². The fourth-order valence-electron chi connectivity index (χ4n) is 3.44. The zero-order valence-electron chi connectivity index (χ0n) is 11.5. The molecule has 102 valence electrons. The van der Waals surface area contributed by atoms with Crippen LogP contribution in [0, 0.1) is 11.3 Å². The maximum absolute atomic E-state index is 12.2. The van der Waals surface area contributed by atoms with E-state index >= 15 is 0 Å². The van der Waals surface area contributed by atoms with Crippen molar-refractivity contribution in [2.75, 3.05) is 20.1 Å². The number of piperidine rings is 1. The molecule has 2 rings (SSSR count). The van der Waals surface area contributed by atoms with Gasteiger partial charge in [-0.2, -0.15) is 0 Å². The van der Waals surface area contributed by atoms with Crippen molar-refractivity contribution >= 4 is 11.8 Å². The Morgan fingerprint density at radius 1 is 1.22 bits per heavy atom. The van der Waals surface area contributed by atoms with Crippen molar-refractivity contribution in [1.82, 2.24) is 10.2 Å². The Balaban J connectivity index is 1.98. The van der Waals surface area contributed by atoms with Crippen LogP contribution >= 0.6 is 0 Å². The first kappa shape index (κ1) is 13.5. The van der Waals surface area contributed by atoms with Crippen molar-refractivity contribution < 1.29 is 9.59 Å². The van der Waals surface area contributed by atoms with Gasteiger partial charge in [-0.05, 0) is 37.8 Å². The molecule has 1 heterocycles. The van der Waals surface area contributed by atoms with Crippen molar-refractivity contribution in [2.24, 2.45) is 11.3 Å². The number of hydrogen-bond donors (Lipinski definition) is 1. The number of nitrogens with one attached hydrogen (secondary N) is 1. The fraction of sp³-hybridized carbons (Fsp3) is 0.857. The average Bonchev–Trinajstić information content (AvgIpc) is 2.72. The molecule has 1 spiro atoms. The van der Waals surface area contributed by atoms with Gasteiger partial charge in [-0.25, -0.2) is 0 Å². The van der Waals surface area contributed by atoms with Gasteiger partial charge in [-0.15, -0.1) is 0 Å². The molecule has 1 atom stereocenters. The number of amides is 2. The Labute approximate surface area is 109 Å². The van der Waals surface area contributed by atoms with E-state index < -0.39 is 0 Å². The molecule has 1 unspecified atom stereocenters. The highest BCUT2D eigenvalue weighted by Crippen LogP contribution is 2.46. The topological polar surface area (TPSA) is 49.4 Å². The summed E-state index contributed by atoms with van der Waals surface area (Å²) in [5.41, 5.74) is 0.0247. The van der Waals surface area contributed by atoms with Gasteiger partial charge in [0.05, 0.1) is 0 Å². The van der Waals surface area contributed by atoms with Crippen LogP contribution in [0.5, 0.6) is 0 Å². The summed E-state index contributed by atoms with van der Waals surface area (Å²) in [5, 5.41) is 3.09. The highest BCUT2D eigenvalue weighted by molar-refractivity contribution is 5.98. The SMILES string of the molecule is CNCC(C)CN1C(=O)CC2(CCCC2)CC1=O. The molecular formula is C14H24N2O2. The van der Waals surface area contributed by atoms with Gasteiger partial charge in [0.2, 0.25) is 11.8 Å². The lowest BCUT2D eigenvalue weighted by atomic mass is 9.76. The van der Waals surface area contributed by atoms with Gasteiger partial charge in [0, 0.05) is 19.4 Å². The Morgan fingerprint density at radius 2 is 1.78 bits per heavy atom. The summed E-state index contributed by atoms with van der Waals surface area (Å²) < 4.78 is 0. The fourth-order valence-corrected chi connectivity index (χ4v) is 3.44. The minimum absolute atomic E-state index is 0.0247. The Morgan fingerprint density at radius 3 is 2.28 bits per heavy atom. The molecule has 18 heavy (non-hydrogen) atoms. The zero-order chi connectivity index (χ0) is 13.2. The number of hydrogen-bond acceptors (Lipinski definition) is 3. The lowest BCUT2D eigenvalue weighted by Crippen LogP contribution is -2.49. The molecule has 1 aliphatic carbocycles. The molecule has 2 fully saturated rings. The maximum Gasteiger partial charge on any atom is 0.229 e. The van der Waals surface area contributed by atoms with Gasteiger partial charge in [-0.1, -0.05) is 19.8 Å². The van der Waals surface area contributed by atoms with E-state index in [1.165, 1.54) is 17.7 Å². The second-order valence-corrected chi connectivity index (χ2v) is 6.12. The van der Waals surface area contributed by atoms with Crippen molar-refractivity contribution in [3.8, 4) is 0 Å². The summed E-state index contributed by atoms with van der Waals surface area (Å²) in [7, 11) is 1.89. The molecular weight excluding hydrogens is 228 g/mol. The number of likely N-dealkylation sites (tertiary alicyclic amines) is 1. The average molecular weight is 252 g/mol. The van der Waals surface area contributed by atoms with Crippen LogP contribution in [0.15, 0.2) is 0 Å². The first-order chi connectivity index (χ1) is 8.56. The van der Waals surface area contributed by atoms with Crippen molar-refractivity contribution in [3.05, 3.63) is 0 Å². The van der Waals surface area contributed by atoms with Gasteiger partial charge in [-0.3, -0.25) is 14.5 Å². The molecule has 0 radical (unpaired) electrons. The molecule has 0 aromatic heterocycles. The van der Waals surface area contributed by atoms with E-state index in [2.05, 4.69) is 12.2 Å². The van der Waals surface area contributed by atoms with Crippen LogP contribution in [0.3, 0.4) is 0 Å². The van der Waals surface area contributed by atoms with E-state index in [1.807, 2.05) is 7.05 Å². The quantitative estimate of drug-likeness (QED) is 0.772. The third-order valence-corrected chi connectivity index (χ3v) is 4.37. The third-order valence-electron chi connectivity index (χ3n) is 4.37. The normalized spacial score (nSPS) is 24.9. The molecule has 0 aromatic rings. The first-order valence-corrected chi connectivity index (χ1v) is 7.04. The van der Waals surface area contributed by atoms with Crippen LogP contribution < -0.4 is 5.32 Å². The summed E-state index contributed by atoms with van der Waals surface area (Å²) in [5.74, 6) is 0.424. The predicted molar refractivity (Wildman–Crippen MR) is 69.9 cm³/mol. The number of carbonyl (C=O) groups excluding carboxylic acids is 2. The van der Waals surface area contributed by atoms with Crippen LogP contribution in [0.1, 0.15) is 45.4 Å². The van der Waals surface area contributed by atoms with Gasteiger partial charge in [0.15, 0.2) is 0 Å². The molecule has 2 aliphatic rings. The molecule has 4 heteroatoms. The van der Waals surface area contributed by atoms with Crippen LogP contribution in [0.4, 0.5) is 0 Å². The van der Waals surface area contributed by atoms with E-state index in [4.69, 9.17) is 0 Å². The first-order valence-electron chi connectivity index (χ1n) is 7.04. The Kier molecular flexibility index (Phi) is 4.05. The molecule has 1 saturated heterocycles. The van der Waals surface area contributed by atoms with E-state index in [1.54, 1.807) is 0 Å². The van der Waals surface area contributed by atoms with E-state index in [-0.39, 0.29) is 17.2 Å². The molecule has 0 bridgehead atoms. The minimum atomic E-state index is 0.0247. The molecule has 4 nitrogen and oxygen atoms in total. The van der Waals surface area contributed by atoms with Crippen molar-refractivity contribution in [2.45, 2.75) is 45.4 Å². The van der Waals surface area contributed by atoms with Crippen molar-refractivity contribution in [3.63, 3.8) is 0 Å². The summed E-state index contributed by atoms with van der Waals surface area (Å²) in [6, 6.07) is 0. The number of carbonyl (C=O) groups is 2. The molecule has 1 N–H and O–H groups in total. The molecule has 1 saturated carbocycles. The highest BCUT2D eigenvalue weighted by Gasteiger charge is 2.45. The van der Waals surface area contributed by atoms with E-state index in [0.29, 0.717) is 25.3 Å². The molecule has 1 aliphatic heterocycles. The smallest absolute Gasteiger partial charge is 0.229 e. The van der Waals surface area contributed by atoms with E-state index in [0.717, 1.165) is 19.4 Å². The number of rotatable bonds is 4. The summed E-state index contributed by atoms with van der Waals surface area (Å²) >= 11 is 0. The summed E-state index contributed by atoms with van der Waals surface area (Å²) in [6.07, 6.45) is 5.65. The Bertz CT molecular complexity index is 315. The summed E-state index contributed by atoms with van der Waals surface area (Å²) in [6.45, 7) is 3.47. The molecule has 0 aromatic carbocycles. The second-order valence-electron chi connectivity index (χ2n) is 6.12. The standard InChI is InChI=1S/C14H24N2O2/c1-11(9-15-2)10-16-12(17)7-14(8-13(16)18)5-3-4-6-14/h11,15H,3-10H2,1-2H3. The minimum Gasteiger partial charge on any atom is -0.319 e. The molecule has 2 amide bonds. The Hall–Kier alpha value is -0.900. The lowest BCUT2D eigenvalue weighted by Gasteiger charge is -2.38. The number of imide groups is 1. The third kappa shape index (κ3) is 2.74. The largest absolute Gasteiger partial charge is 0.319 e. The van der Waals surface area contributed by atoms with Gasteiger partial charge in [0.1, 0.15) is 0 Å².